The lowest BCUT2D eigenvalue weighted by Gasteiger charge is -2.14. The summed E-state index contributed by atoms with van der Waals surface area (Å²) in [5.41, 5.74) is 4.80. The fraction of sp³-hybridized carbons (Fsp3) is 0.200. The summed E-state index contributed by atoms with van der Waals surface area (Å²) in [6.07, 6.45) is 1.55. The van der Waals surface area contributed by atoms with Crippen LogP contribution in [-0.2, 0) is 6.61 Å². The van der Waals surface area contributed by atoms with E-state index in [1.807, 2.05) is 50.2 Å². The van der Waals surface area contributed by atoms with Crippen molar-refractivity contribution >= 4 is 44.0 Å². The van der Waals surface area contributed by atoms with E-state index in [4.69, 9.17) is 14.2 Å². The van der Waals surface area contributed by atoms with Crippen LogP contribution in [0.4, 0.5) is 0 Å². The van der Waals surface area contributed by atoms with Gasteiger partial charge >= 0.3 is 0 Å². The zero-order valence-electron chi connectivity index (χ0n) is 18.3. The van der Waals surface area contributed by atoms with Gasteiger partial charge in [-0.25, -0.2) is 5.43 Å². The molecule has 0 aromatic heterocycles. The van der Waals surface area contributed by atoms with Crippen molar-refractivity contribution in [2.45, 2.75) is 20.5 Å². The number of hydrogen-bond acceptors (Lipinski definition) is 5. The molecule has 0 aliphatic rings. The van der Waals surface area contributed by atoms with E-state index < -0.39 is 0 Å². The van der Waals surface area contributed by atoms with Gasteiger partial charge in [0.2, 0.25) is 0 Å². The Morgan fingerprint density at radius 2 is 1.64 bits per heavy atom. The summed E-state index contributed by atoms with van der Waals surface area (Å²) in [5.74, 6) is 1.60. The molecule has 172 valence electrons. The zero-order valence-corrected chi connectivity index (χ0v) is 21.5. The summed E-state index contributed by atoms with van der Waals surface area (Å²) in [4.78, 5) is 12.3. The molecule has 0 bridgehead atoms. The lowest BCUT2D eigenvalue weighted by Crippen LogP contribution is -2.17. The molecule has 3 rings (SSSR count). The molecule has 0 radical (unpaired) electrons. The number of hydrazone groups is 1. The summed E-state index contributed by atoms with van der Waals surface area (Å²) < 4.78 is 18.9. The Balaban J connectivity index is 1.67. The normalized spacial score (nSPS) is 10.8. The van der Waals surface area contributed by atoms with Gasteiger partial charge in [-0.15, -0.1) is 0 Å². The van der Waals surface area contributed by atoms with Gasteiger partial charge in [0.1, 0.15) is 12.4 Å². The second kappa shape index (κ2) is 12.4. The monoisotopic (exact) mass is 574 g/mol. The van der Waals surface area contributed by atoms with Crippen LogP contribution in [0.2, 0.25) is 0 Å². The number of amides is 1. The molecular weight excluding hydrogens is 552 g/mol. The van der Waals surface area contributed by atoms with E-state index in [9.17, 15) is 4.79 Å². The van der Waals surface area contributed by atoms with Crippen LogP contribution < -0.4 is 19.6 Å². The van der Waals surface area contributed by atoms with E-state index in [2.05, 4.69) is 42.4 Å². The summed E-state index contributed by atoms with van der Waals surface area (Å²) in [7, 11) is 0. The lowest BCUT2D eigenvalue weighted by molar-refractivity contribution is 0.0955. The molecule has 3 aromatic carbocycles. The third-order valence-corrected chi connectivity index (χ3v) is 5.55. The highest BCUT2D eigenvalue weighted by Gasteiger charge is 2.12. The van der Waals surface area contributed by atoms with Gasteiger partial charge < -0.3 is 14.2 Å². The Bertz CT molecular complexity index is 1100. The van der Waals surface area contributed by atoms with Crippen LogP contribution in [0.25, 0.3) is 0 Å². The molecule has 3 aromatic rings. The minimum absolute atomic E-state index is 0.312. The van der Waals surface area contributed by atoms with Gasteiger partial charge in [-0.2, -0.15) is 5.10 Å². The third kappa shape index (κ3) is 7.33. The molecule has 0 saturated heterocycles. The summed E-state index contributed by atoms with van der Waals surface area (Å²) in [6, 6.07) is 18.5. The van der Waals surface area contributed by atoms with E-state index in [0.29, 0.717) is 42.6 Å². The highest BCUT2D eigenvalue weighted by atomic mass is 79.9. The first-order valence-electron chi connectivity index (χ1n) is 10.4. The molecule has 1 N–H and O–H groups in total. The fourth-order valence-electron chi connectivity index (χ4n) is 2.90. The molecule has 0 aliphatic heterocycles. The zero-order chi connectivity index (χ0) is 23.6. The number of ether oxygens (including phenoxy) is 3. The Kier molecular flexibility index (Phi) is 9.33. The second-order valence-corrected chi connectivity index (χ2v) is 8.60. The van der Waals surface area contributed by atoms with Crippen molar-refractivity contribution in [2.75, 3.05) is 13.2 Å². The highest BCUT2D eigenvalue weighted by Crippen LogP contribution is 2.37. The molecule has 0 unspecified atom stereocenters. The largest absolute Gasteiger partial charge is 0.494 e. The van der Waals surface area contributed by atoms with Gasteiger partial charge in [0.15, 0.2) is 11.5 Å². The van der Waals surface area contributed by atoms with Crippen LogP contribution in [0, 0.1) is 0 Å². The predicted octanol–water partition coefficient (Wildman–Crippen LogP) is 6.35. The van der Waals surface area contributed by atoms with Crippen LogP contribution >= 0.6 is 31.9 Å². The molecule has 0 atom stereocenters. The van der Waals surface area contributed by atoms with E-state index in [0.717, 1.165) is 20.1 Å². The van der Waals surface area contributed by atoms with E-state index in [1.54, 1.807) is 30.5 Å². The molecule has 0 spiro atoms. The molecule has 1 amide bonds. The molecule has 6 nitrogen and oxygen atoms in total. The van der Waals surface area contributed by atoms with Gasteiger partial charge in [-0.3, -0.25) is 4.79 Å². The molecule has 0 fully saturated rings. The molecule has 8 heteroatoms. The van der Waals surface area contributed by atoms with Crippen molar-refractivity contribution in [3.63, 3.8) is 0 Å². The SMILES string of the molecule is CCOc1ccc(C(=O)N/N=C/c2cc(Br)c(OCc3ccc(Br)cc3)c(OCC)c2)cc1. The van der Waals surface area contributed by atoms with Gasteiger partial charge in [-0.05, 0) is 89.4 Å². The van der Waals surface area contributed by atoms with Crippen LogP contribution in [-0.4, -0.2) is 25.3 Å². The average Bonchev–Trinajstić information content (AvgIpc) is 2.80. The number of nitrogens with one attached hydrogen (secondary N) is 1. The van der Waals surface area contributed by atoms with Crippen molar-refractivity contribution in [3.05, 3.63) is 86.3 Å². The van der Waals surface area contributed by atoms with Crippen LogP contribution in [0.1, 0.15) is 35.3 Å². The maximum Gasteiger partial charge on any atom is 0.271 e. The number of halogens is 2. The van der Waals surface area contributed by atoms with Crippen molar-refractivity contribution in [3.8, 4) is 17.2 Å². The first-order chi connectivity index (χ1) is 16.0. The summed E-state index contributed by atoms with van der Waals surface area (Å²) in [5, 5.41) is 4.07. The maximum absolute atomic E-state index is 12.3. The first-order valence-corrected chi connectivity index (χ1v) is 12.0. The number of nitrogens with zero attached hydrogens (tertiary/aromatic N) is 1. The molecule has 0 saturated carbocycles. The number of benzene rings is 3. The average molecular weight is 576 g/mol. The van der Waals surface area contributed by atoms with Crippen molar-refractivity contribution < 1.29 is 19.0 Å². The Morgan fingerprint density at radius 1 is 0.939 bits per heavy atom. The van der Waals surface area contributed by atoms with Crippen molar-refractivity contribution in [2.24, 2.45) is 5.10 Å². The van der Waals surface area contributed by atoms with Gasteiger partial charge in [0.25, 0.3) is 5.91 Å². The van der Waals surface area contributed by atoms with Crippen LogP contribution in [0.15, 0.2) is 74.7 Å². The molecule has 33 heavy (non-hydrogen) atoms. The summed E-state index contributed by atoms with van der Waals surface area (Å²) in [6.45, 7) is 5.27. The van der Waals surface area contributed by atoms with Gasteiger partial charge in [0.05, 0.1) is 23.9 Å². The Morgan fingerprint density at radius 3 is 2.30 bits per heavy atom. The number of carbonyl (C=O) groups is 1. The van der Waals surface area contributed by atoms with E-state index in [-0.39, 0.29) is 5.91 Å². The van der Waals surface area contributed by atoms with E-state index >= 15 is 0 Å². The third-order valence-electron chi connectivity index (χ3n) is 4.44. The molecule has 0 aliphatic carbocycles. The number of rotatable bonds is 10. The smallest absolute Gasteiger partial charge is 0.271 e. The topological polar surface area (TPSA) is 69.2 Å². The van der Waals surface area contributed by atoms with Crippen molar-refractivity contribution in [1.29, 1.82) is 0 Å². The quantitative estimate of drug-likeness (QED) is 0.226. The number of carbonyl (C=O) groups excluding carboxylic acids is 1. The molecular formula is C25H24Br2N2O4. The fourth-order valence-corrected chi connectivity index (χ4v) is 3.74. The van der Waals surface area contributed by atoms with Gasteiger partial charge in [-0.1, -0.05) is 28.1 Å². The lowest BCUT2D eigenvalue weighted by atomic mass is 10.2. The minimum Gasteiger partial charge on any atom is -0.494 e. The second-order valence-electron chi connectivity index (χ2n) is 6.83. The Labute approximate surface area is 210 Å². The summed E-state index contributed by atoms with van der Waals surface area (Å²) >= 11 is 6.99. The molecule has 0 heterocycles. The number of hydrogen-bond donors (Lipinski definition) is 1. The standard InChI is InChI=1S/C25H24Br2N2O4/c1-3-31-21-11-7-19(8-12-21)25(30)29-28-15-18-13-22(27)24(23(14-18)32-4-2)33-16-17-5-9-20(26)10-6-17/h5-15H,3-4,16H2,1-2H3,(H,29,30)/b28-15+. The highest BCUT2D eigenvalue weighted by molar-refractivity contribution is 9.10. The predicted molar refractivity (Wildman–Crippen MR) is 136 cm³/mol. The van der Waals surface area contributed by atoms with Crippen LogP contribution in [0.5, 0.6) is 17.2 Å². The maximum atomic E-state index is 12.3. The minimum atomic E-state index is -0.312. The van der Waals surface area contributed by atoms with Gasteiger partial charge in [0, 0.05) is 10.0 Å². The van der Waals surface area contributed by atoms with Crippen LogP contribution in [0.3, 0.4) is 0 Å². The first kappa shape index (κ1) is 24.8. The van der Waals surface area contributed by atoms with E-state index in [1.165, 1.54) is 0 Å². The van der Waals surface area contributed by atoms with Crippen molar-refractivity contribution in [1.82, 2.24) is 5.43 Å². The Hall–Kier alpha value is -2.84.